The predicted octanol–water partition coefficient (Wildman–Crippen LogP) is 1.71. The van der Waals surface area contributed by atoms with Crippen LogP contribution in [0.1, 0.15) is 17.4 Å². The predicted molar refractivity (Wildman–Crippen MR) is 55.7 cm³/mol. The number of ether oxygens (including phenoxy) is 1. The first kappa shape index (κ1) is 9.85. The van der Waals surface area contributed by atoms with E-state index in [1.807, 2.05) is 0 Å². The van der Waals surface area contributed by atoms with Crippen molar-refractivity contribution in [3.63, 3.8) is 0 Å². The van der Waals surface area contributed by atoms with Crippen LogP contribution in [0.2, 0.25) is 0 Å². The Morgan fingerprint density at radius 3 is 3.20 bits per heavy atom. The number of carbonyl (C=O) groups is 1. The van der Waals surface area contributed by atoms with Crippen LogP contribution in [0.15, 0.2) is 17.8 Å². The number of H-pyrrole nitrogens is 1. The van der Waals surface area contributed by atoms with Gasteiger partial charge in [0, 0.05) is 17.1 Å². The van der Waals surface area contributed by atoms with E-state index in [0.29, 0.717) is 12.3 Å². The maximum atomic E-state index is 11.3. The van der Waals surface area contributed by atoms with E-state index < -0.39 is 0 Å². The van der Waals surface area contributed by atoms with Gasteiger partial charge in [0.25, 0.3) is 0 Å². The average Bonchev–Trinajstić information content (AvgIpc) is 2.89. The monoisotopic (exact) mass is 223 g/mol. The molecule has 0 aliphatic rings. The molecule has 0 radical (unpaired) electrons. The first-order valence-electron chi connectivity index (χ1n) is 4.43. The zero-order valence-corrected chi connectivity index (χ0v) is 8.87. The van der Waals surface area contributed by atoms with Crippen LogP contribution in [0.25, 0.3) is 10.6 Å². The van der Waals surface area contributed by atoms with Gasteiger partial charge in [-0.3, -0.25) is 5.10 Å². The van der Waals surface area contributed by atoms with Crippen LogP contribution in [0, 0.1) is 0 Å². The third-order valence-corrected chi connectivity index (χ3v) is 2.63. The van der Waals surface area contributed by atoms with Crippen LogP contribution >= 0.6 is 11.3 Å². The second kappa shape index (κ2) is 4.22. The molecule has 0 fully saturated rings. The van der Waals surface area contributed by atoms with Crippen molar-refractivity contribution in [1.82, 2.24) is 15.2 Å². The minimum atomic E-state index is -0.386. The van der Waals surface area contributed by atoms with Crippen molar-refractivity contribution in [3.05, 3.63) is 23.5 Å². The number of aromatic amines is 1. The molecule has 2 heterocycles. The van der Waals surface area contributed by atoms with Gasteiger partial charge < -0.3 is 4.74 Å². The quantitative estimate of drug-likeness (QED) is 0.804. The number of hydrogen-bond acceptors (Lipinski definition) is 5. The maximum absolute atomic E-state index is 11.3. The second-order valence-electron chi connectivity index (χ2n) is 2.75. The van der Waals surface area contributed by atoms with Crippen LogP contribution < -0.4 is 0 Å². The van der Waals surface area contributed by atoms with E-state index >= 15 is 0 Å². The summed E-state index contributed by atoms with van der Waals surface area (Å²) in [4.78, 5) is 15.5. The molecule has 2 aromatic heterocycles. The van der Waals surface area contributed by atoms with E-state index in [9.17, 15) is 4.79 Å². The van der Waals surface area contributed by atoms with E-state index in [1.165, 1.54) is 11.3 Å². The Balaban J connectivity index is 2.21. The lowest BCUT2D eigenvalue weighted by Crippen LogP contribution is -2.04. The van der Waals surface area contributed by atoms with Gasteiger partial charge >= 0.3 is 5.97 Å². The lowest BCUT2D eigenvalue weighted by molar-refractivity contribution is 0.0520. The highest BCUT2D eigenvalue weighted by atomic mass is 32.1. The van der Waals surface area contributed by atoms with Crippen molar-refractivity contribution in [2.24, 2.45) is 0 Å². The molecule has 0 saturated heterocycles. The summed E-state index contributed by atoms with van der Waals surface area (Å²) in [6.45, 7) is 2.12. The summed E-state index contributed by atoms with van der Waals surface area (Å²) in [5.74, 6) is -0.386. The van der Waals surface area contributed by atoms with Gasteiger partial charge in [-0.15, -0.1) is 11.3 Å². The SMILES string of the molecule is CCOC(=O)c1csc(-c2cn[nH]c2)n1. The molecule has 2 rings (SSSR count). The average molecular weight is 223 g/mol. The Morgan fingerprint density at radius 2 is 2.53 bits per heavy atom. The fourth-order valence-corrected chi connectivity index (χ4v) is 1.84. The van der Waals surface area contributed by atoms with Crippen molar-refractivity contribution in [1.29, 1.82) is 0 Å². The van der Waals surface area contributed by atoms with Gasteiger partial charge in [0.15, 0.2) is 5.69 Å². The van der Waals surface area contributed by atoms with Gasteiger partial charge in [-0.1, -0.05) is 0 Å². The van der Waals surface area contributed by atoms with Crippen LogP contribution in [-0.2, 0) is 4.74 Å². The summed E-state index contributed by atoms with van der Waals surface area (Å²) in [5, 5.41) is 8.94. The normalized spacial score (nSPS) is 10.2. The van der Waals surface area contributed by atoms with Crippen molar-refractivity contribution in [3.8, 4) is 10.6 Å². The molecular formula is C9H9N3O2S. The molecule has 15 heavy (non-hydrogen) atoms. The molecule has 5 nitrogen and oxygen atoms in total. The number of nitrogens with zero attached hydrogens (tertiary/aromatic N) is 2. The first-order valence-corrected chi connectivity index (χ1v) is 5.31. The highest BCUT2D eigenvalue weighted by Crippen LogP contribution is 2.22. The van der Waals surface area contributed by atoms with Crippen LogP contribution in [0.4, 0.5) is 0 Å². The molecule has 1 N–H and O–H groups in total. The van der Waals surface area contributed by atoms with Gasteiger partial charge in [0.05, 0.1) is 12.8 Å². The van der Waals surface area contributed by atoms with Gasteiger partial charge in [0.2, 0.25) is 0 Å². The molecule has 0 spiro atoms. The molecular weight excluding hydrogens is 214 g/mol. The fourth-order valence-electron chi connectivity index (χ4n) is 1.07. The van der Waals surface area contributed by atoms with Crippen LogP contribution in [0.5, 0.6) is 0 Å². The largest absolute Gasteiger partial charge is 0.461 e. The highest BCUT2D eigenvalue weighted by molar-refractivity contribution is 7.13. The van der Waals surface area contributed by atoms with E-state index in [1.54, 1.807) is 24.7 Å². The summed E-state index contributed by atoms with van der Waals surface area (Å²) in [6, 6.07) is 0. The third-order valence-electron chi connectivity index (χ3n) is 1.73. The molecule has 0 aliphatic carbocycles. The fraction of sp³-hybridized carbons (Fsp3) is 0.222. The molecule has 0 atom stereocenters. The van der Waals surface area contributed by atoms with E-state index in [2.05, 4.69) is 15.2 Å². The highest BCUT2D eigenvalue weighted by Gasteiger charge is 2.12. The molecule has 0 aromatic carbocycles. The van der Waals surface area contributed by atoms with E-state index in [4.69, 9.17) is 4.74 Å². The first-order chi connectivity index (χ1) is 7.31. The number of aromatic nitrogens is 3. The maximum Gasteiger partial charge on any atom is 0.357 e. The molecule has 0 aliphatic heterocycles. The number of thiazole rings is 1. The number of hydrogen-bond donors (Lipinski definition) is 1. The Kier molecular flexibility index (Phi) is 2.77. The molecule has 78 valence electrons. The number of rotatable bonds is 3. The smallest absolute Gasteiger partial charge is 0.357 e. The molecule has 0 bridgehead atoms. The number of carbonyl (C=O) groups excluding carboxylic acids is 1. The minimum absolute atomic E-state index is 0.345. The topological polar surface area (TPSA) is 67.9 Å². The van der Waals surface area contributed by atoms with E-state index in [-0.39, 0.29) is 5.97 Å². The summed E-state index contributed by atoms with van der Waals surface area (Å²) < 4.78 is 4.84. The molecule has 0 saturated carbocycles. The third kappa shape index (κ3) is 2.04. The Morgan fingerprint density at radius 1 is 1.67 bits per heavy atom. The lowest BCUT2D eigenvalue weighted by atomic mass is 10.4. The van der Waals surface area contributed by atoms with Crippen LogP contribution in [0.3, 0.4) is 0 Å². The second-order valence-corrected chi connectivity index (χ2v) is 3.60. The number of esters is 1. The lowest BCUT2D eigenvalue weighted by Gasteiger charge is -1.95. The molecule has 0 unspecified atom stereocenters. The molecule has 6 heteroatoms. The standard InChI is InChI=1S/C9H9N3O2S/c1-2-14-9(13)7-5-15-8(12-7)6-3-10-11-4-6/h3-5H,2H2,1H3,(H,10,11). The Hall–Kier alpha value is -1.69. The van der Waals surface area contributed by atoms with Gasteiger partial charge in [-0.25, -0.2) is 9.78 Å². The zero-order chi connectivity index (χ0) is 10.7. The number of nitrogens with one attached hydrogen (secondary N) is 1. The Labute approximate surface area is 90.1 Å². The summed E-state index contributed by atoms with van der Waals surface area (Å²) in [5.41, 5.74) is 1.22. The van der Waals surface area contributed by atoms with Crippen molar-refractivity contribution in [2.45, 2.75) is 6.92 Å². The molecule has 2 aromatic rings. The summed E-state index contributed by atoms with van der Waals surface area (Å²) in [6.07, 6.45) is 3.39. The van der Waals surface area contributed by atoms with Gasteiger partial charge in [0.1, 0.15) is 5.01 Å². The van der Waals surface area contributed by atoms with Gasteiger partial charge in [-0.05, 0) is 6.92 Å². The summed E-state index contributed by atoms with van der Waals surface area (Å²) >= 11 is 1.39. The van der Waals surface area contributed by atoms with Crippen molar-refractivity contribution < 1.29 is 9.53 Å². The molecule has 0 amide bonds. The minimum Gasteiger partial charge on any atom is -0.461 e. The Bertz CT molecular complexity index is 450. The van der Waals surface area contributed by atoms with Gasteiger partial charge in [-0.2, -0.15) is 5.10 Å². The summed E-state index contributed by atoms with van der Waals surface area (Å²) in [7, 11) is 0. The zero-order valence-electron chi connectivity index (χ0n) is 8.06. The van der Waals surface area contributed by atoms with Crippen LogP contribution in [-0.4, -0.2) is 27.8 Å². The van der Waals surface area contributed by atoms with Crippen molar-refractivity contribution in [2.75, 3.05) is 6.61 Å². The van der Waals surface area contributed by atoms with E-state index in [0.717, 1.165) is 10.6 Å². The van der Waals surface area contributed by atoms with Crippen molar-refractivity contribution >= 4 is 17.3 Å².